The number of nitrogens with zero attached hydrogens (tertiary/aromatic N) is 3. The third-order valence-corrected chi connectivity index (χ3v) is 4.08. The number of anilines is 1. The molecular weight excluding hydrogens is 296 g/mol. The predicted molar refractivity (Wildman–Crippen MR) is 100 cm³/mol. The van der Waals surface area contributed by atoms with Crippen LogP contribution in [0.4, 0.5) is 5.82 Å². The van der Waals surface area contributed by atoms with Gasteiger partial charge in [0.05, 0.1) is 5.69 Å². The van der Waals surface area contributed by atoms with Crippen molar-refractivity contribution in [2.75, 3.05) is 11.9 Å². The average molecular weight is 322 g/mol. The molecule has 4 nitrogen and oxygen atoms in total. The number of nitrogens with one attached hydrogen (secondary N) is 1. The van der Waals surface area contributed by atoms with Gasteiger partial charge in [0, 0.05) is 23.9 Å². The molecule has 3 aromatic rings. The Labute approximate surface area is 143 Å². The fourth-order valence-electron chi connectivity index (χ4n) is 2.94. The van der Waals surface area contributed by atoms with Gasteiger partial charge < -0.3 is 5.32 Å². The third kappa shape index (κ3) is 3.28. The van der Waals surface area contributed by atoms with E-state index in [1.54, 1.807) is 0 Å². The number of aromatic nitrogens is 3. The molecule has 1 aromatic carbocycles. The van der Waals surface area contributed by atoms with Crippen LogP contribution in [0.3, 0.4) is 0 Å². The molecule has 0 aliphatic carbocycles. The maximum absolute atomic E-state index is 4.91. The smallest absolute Gasteiger partial charge is 0.165 e. The Morgan fingerprint density at radius 1 is 1.17 bits per heavy atom. The van der Waals surface area contributed by atoms with Crippen LogP contribution in [0.2, 0.25) is 0 Å². The number of aryl methyl sites for hydroxylation is 2. The first kappa shape index (κ1) is 16.5. The van der Waals surface area contributed by atoms with Crippen LogP contribution in [0.15, 0.2) is 36.4 Å². The SMILES string of the molecule is CCCc1cc(NCC(C)C)n2nc(C)c(-c3ccccc3)c2n1. The topological polar surface area (TPSA) is 42.2 Å². The average Bonchev–Trinajstić information content (AvgIpc) is 2.89. The third-order valence-electron chi connectivity index (χ3n) is 4.08. The van der Waals surface area contributed by atoms with Crippen LogP contribution in [0.5, 0.6) is 0 Å². The van der Waals surface area contributed by atoms with E-state index in [-0.39, 0.29) is 0 Å². The molecule has 3 rings (SSSR count). The lowest BCUT2D eigenvalue weighted by atomic mass is 10.1. The summed E-state index contributed by atoms with van der Waals surface area (Å²) in [6, 6.07) is 12.5. The van der Waals surface area contributed by atoms with Gasteiger partial charge in [-0.05, 0) is 24.8 Å². The molecular formula is C20H26N4. The Morgan fingerprint density at radius 3 is 2.58 bits per heavy atom. The Bertz CT molecular complexity index is 819. The second-order valence-corrected chi connectivity index (χ2v) is 6.72. The lowest BCUT2D eigenvalue weighted by Crippen LogP contribution is -2.12. The normalized spacial score (nSPS) is 11.4. The van der Waals surface area contributed by atoms with Crippen molar-refractivity contribution in [3.63, 3.8) is 0 Å². The summed E-state index contributed by atoms with van der Waals surface area (Å²) in [6.45, 7) is 9.59. The maximum atomic E-state index is 4.91. The lowest BCUT2D eigenvalue weighted by Gasteiger charge is -2.12. The summed E-state index contributed by atoms with van der Waals surface area (Å²) in [5, 5.41) is 8.30. The molecule has 2 aromatic heterocycles. The first-order valence-corrected chi connectivity index (χ1v) is 8.78. The highest BCUT2D eigenvalue weighted by molar-refractivity contribution is 5.80. The van der Waals surface area contributed by atoms with E-state index in [1.165, 1.54) is 5.56 Å². The molecule has 0 saturated carbocycles. The van der Waals surface area contributed by atoms with E-state index in [4.69, 9.17) is 10.1 Å². The summed E-state index contributed by atoms with van der Waals surface area (Å²) in [6.07, 6.45) is 2.06. The Balaban J connectivity index is 2.18. The standard InChI is InChI=1S/C20H26N4/c1-5-9-17-12-18(21-13-14(2)3)24-20(22-17)19(15(4)23-24)16-10-7-6-8-11-16/h6-8,10-12,14,21H,5,9,13H2,1-4H3. The van der Waals surface area contributed by atoms with Gasteiger partial charge in [0.25, 0.3) is 0 Å². The summed E-state index contributed by atoms with van der Waals surface area (Å²) in [7, 11) is 0. The highest BCUT2D eigenvalue weighted by Gasteiger charge is 2.16. The van der Waals surface area contributed by atoms with Crippen molar-refractivity contribution in [1.29, 1.82) is 0 Å². The zero-order valence-corrected chi connectivity index (χ0v) is 15.0. The molecule has 0 aliphatic rings. The zero-order chi connectivity index (χ0) is 17.1. The highest BCUT2D eigenvalue weighted by atomic mass is 15.3. The molecule has 126 valence electrons. The predicted octanol–water partition coefficient (Wildman–Crippen LogP) is 4.73. The van der Waals surface area contributed by atoms with Crippen molar-refractivity contribution in [2.45, 2.75) is 40.5 Å². The van der Waals surface area contributed by atoms with Gasteiger partial charge in [-0.2, -0.15) is 9.61 Å². The van der Waals surface area contributed by atoms with Crippen molar-refractivity contribution in [2.24, 2.45) is 5.92 Å². The number of rotatable bonds is 6. The fourth-order valence-corrected chi connectivity index (χ4v) is 2.94. The maximum Gasteiger partial charge on any atom is 0.165 e. The molecule has 0 fully saturated rings. The Morgan fingerprint density at radius 2 is 1.92 bits per heavy atom. The van der Waals surface area contributed by atoms with Crippen molar-refractivity contribution in [1.82, 2.24) is 14.6 Å². The molecule has 0 atom stereocenters. The number of fused-ring (bicyclic) bond motifs is 1. The molecule has 0 spiro atoms. The molecule has 0 aliphatic heterocycles. The van der Waals surface area contributed by atoms with Gasteiger partial charge in [-0.1, -0.05) is 57.5 Å². The summed E-state index contributed by atoms with van der Waals surface area (Å²) in [4.78, 5) is 4.91. The summed E-state index contributed by atoms with van der Waals surface area (Å²) < 4.78 is 1.96. The van der Waals surface area contributed by atoms with Gasteiger partial charge >= 0.3 is 0 Å². The van der Waals surface area contributed by atoms with E-state index < -0.39 is 0 Å². The molecule has 1 N–H and O–H groups in total. The first-order chi connectivity index (χ1) is 11.6. The van der Waals surface area contributed by atoms with Gasteiger partial charge in [0.1, 0.15) is 5.82 Å². The second-order valence-electron chi connectivity index (χ2n) is 6.72. The van der Waals surface area contributed by atoms with Crippen LogP contribution in [0.25, 0.3) is 16.8 Å². The molecule has 0 radical (unpaired) electrons. The summed E-state index contributed by atoms with van der Waals surface area (Å²) in [5.74, 6) is 1.61. The van der Waals surface area contributed by atoms with Crippen molar-refractivity contribution in [3.05, 3.63) is 47.8 Å². The number of benzene rings is 1. The number of hydrogen-bond donors (Lipinski definition) is 1. The van der Waals surface area contributed by atoms with Gasteiger partial charge in [-0.15, -0.1) is 0 Å². The van der Waals surface area contributed by atoms with E-state index in [1.807, 2.05) is 10.6 Å². The van der Waals surface area contributed by atoms with Crippen LogP contribution >= 0.6 is 0 Å². The van der Waals surface area contributed by atoms with Gasteiger partial charge in [0.15, 0.2) is 5.65 Å². The molecule has 24 heavy (non-hydrogen) atoms. The molecule has 0 amide bonds. The summed E-state index contributed by atoms with van der Waals surface area (Å²) in [5.41, 5.74) is 5.36. The van der Waals surface area contributed by atoms with Crippen LogP contribution in [-0.2, 0) is 6.42 Å². The van der Waals surface area contributed by atoms with E-state index >= 15 is 0 Å². The Kier molecular flexibility index (Phi) is 4.84. The largest absolute Gasteiger partial charge is 0.370 e. The summed E-state index contributed by atoms with van der Waals surface area (Å²) >= 11 is 0. The lowest BCUT2D eigenvalue weighted by molar-refractivity contribution is 0.683. The van der Waals surface area contributed by atoms with Gasteiger partial charge in [-0.3, -0.25) is 0 Å². The van der Waals surface area contributed by atoms with E-state index in [0.717, 1.165) is 47.8 Å². The van der Waals surface area contributed by atoms with Crippen molar-refractivity contribution < 1.29 is 0 Å². The fraction of sp³-hybridized carbons (Fsp3) is 0.400. The highest BCUT2D eigenvalue weighted by Crippen LogP contribution is 2.29. The molecule has 0 unspecified atom stereocenters. The van der Waals surface area contributed by atoms with E-state index in [2.05, 4.69) is 63.3 Å². The van der Waals surface area contributed by atoms with Crippen molar-refractivity contribution >= 4 is 11.5 Å². The second kappa shape index (κ2) is 7.04. The minimum Gasteiger partial charge on any atom is -0.370 e. The molecule has 4 heteroatoms. The van der Waals surface area contributed by atoms with E-state index in [0.29, 0.717) is 5.92 Å². The van der Waals surface area contributed by atoms with Crippen LogP contribution in [0, 0.1) is 12.8 Å². The zero-order valence-electron chi connectivity index (χ0n) is 15.0. The molecule has 0 saturated heterocycles. The van der Waals surface area contributed by atoms with Crippen molar-refractivity contribution in [3.8, 4) is 11.1 Å². The van der Waals surface area contributed by atoms with Crippen LogP contribution < -0.4 is 5.32 Å². The minimum absolute atomic E-state index is 0.577. The quantitative estimate of drug-likeness (QED) is 0.713. The van der Waals surface area contributed by atoms with Gasteiger partial charge in [-0.25, -0.2) is 4.98 Å². The van der Waals surface area contributed by atoms with E-state index in [9.17, 15) is 0 Å². The number of hydrogen-bond acceptors (Lipinski definition) is 3. The first-order valence-electron chi connectivity index (χ1n) is 8.78. The monoisotopic (exact) mass is 322 g/mol. The molecule has 0 bridgehead atoms. The molecule has 2 heterocycles. The van der Waals surface area contributed by atoms with Gasteiger partial charge in [0.2, 0.25) is 0 Å². The van der Waals surface area contributed by atoms with Crippen LogP contribution in [0.1, 0.15) is 38.6 Å². The minimum atomic E-state index is 0.577. The Hall–Kier alpha value is -2.36. The van der Waals surface area contributed by atoms with Crippen LogP contribution in [-0.4, -0.2) is 21.1 Å².